The number of thiazole rings is 1. The Morgan fingerprint density at radius 3 is 2.42 bits per heavy atom. The molecule has 0 radical (unpaired) electrons. The number of ether oxygens (including phenoxy) is 1. The molecule has 1 heterocycles. The molecule has 0 bridgehead atoms. The number of anilines is 2. The van der Waals surface area contributed by atoms with Gasteiger partial charge < -0.3 is 10.1 Å². The Labute approximate surface area is 145 Å². The van der Waals surface area contributed by atoms with Crippen LogP contribution in [0.1, 0.15) is 27.9 Å². The van der Waals surface area contributed by atoms with Crippen molar-refractivity contribution >= 4 is 28.1 Å². The predicted molar refractivity (Wildman–Crippen MR) is 97.0 cm³/mol. The fourth-order valence-electron chi connectivity index (χ4n) is 2.31. The maximum atomic E-state index is 12.2. The predicted octanol–water partition coefficient (Wildman–Crippen LogP) is 4.65. The van der Waals surface area contributed by atoms with E-state index in [2.05, 4.69) is 10.3 Å². The summed E-state index contributed by atoms with van der Waals surface area (Å²) in [4.78, 5) is 17.6. The first kappa shape index (κ1) is 16.2. The summed E-state index contributed by atoms with van der Waals surface area (Å²) in [6.07, 6.45) is 0.656. The lowest BCUT2D eigenvalue weighted by Gasteiger charge is -2.02. The quantitative estimate of drug-likeness (QED) is 0.665. The molecule has 0 aliphatic carbocycles. The van der Waals surface area contributed by atoms with Gasteiger partial charge in [-0.25, -0.2) is 9.78 Å². The molecule has 4 nitrogen and oxygen atoms in total. The van der Waals surface area contributed by atoms with Crippen LogP contribution in [-0.2, 0) is 11.2 Å². The van der Waals surface area contributed by atoms with Gasteiger partial charge in [0.05, 0.1) is 6.61 Å². The molecular weight excluding hydrogens is 320 g/mol. The number of carbonyl (C=O) groups is 1. The summed E-state index contributed by atoms with van der Waals surface area (Å²) in [6.45, 7) is 2.13. The van der Waals surface area contributed by atoms with Crippen LogP contribution in [0.2, 0.25) is 0 Å². The molecule has 5 heteroatoms. The number of nitrogens with zero attached hydrogens (tertiary/aromatic N) is 1. The van der Waals surface area contributed by atoms with Gasteiger partial charge in [-0.05, 0) is 24.6 Å². The van der Waals surface area contributed by atoms with Crippen molar-refractivity contribution in [3.05, 3.63) is 76.8 Å². The van der Waals surface area contributed by atoms with Gasteiger partial charge in [-0.15, -0.1) is 11.3 Å². The highest BCUT2D eigenvalue weighted by Crippen LogP contribution is 2.28. The fourth-order valence-corrected chi connectivity index (χ4v) is 3.31. The second kappa shape index (κ2) is 7.75. The van der Waals surface area contributed by atoms with E-state index in [4.69, 9.17) is 4.74 Å². The second-order valence-electron chi connectivity index (χ2n) is 5.16. The van der Waals surface area contributed by atoms with Crippen LogP contribution in [0.25, 0.3) is 0 Å². The third kappa shape index (κ3) is 4.00. The average Bonchev–Trinajstić information content (AvgIpc) is 2.99. The number of benzene rings is 2. The first-order valence-electron chi connectivity index (χ1n) is 7.79. The van der Waals surface area contributed by atoms with Gasteiger partial charge in [0.2, 0.25) is 0 Å². The van der Waals surface area contributed by atoms with Crippen molar-refractivity contribution in [1.82, 2.24) is 4.98 Å². The standard InChI is InChI=1S/C19H18N2O2S/c1-2-23-18(22)17-16(13-14-9-5-3-6-10-14)24-19(21-17)20-15-11-7-4-8-12-15/h3-12H,2,13H2,1H3,(H,20,21). The number of nitrogens with one attached hydrogen (secondary N) is 1. The van der Waals surface area contributed by atoms with Crippen LogP contribution >= 0.6 is 11.3 Å². The molecule has 0 aliphatic heterocycles. The van der Waals surface area contributed by atoms with Gasteiger partial charge in [0.1, 0.15) is 0 Å². The van der Waals surface area contributed by atoms with Gasteiger partial charge in [-0.1, -0.05) is 48.5 Å². The summed E-state index contributed by atoms with van der Waals surface area (Å²) >= 11 is 1.48. The molecule has 24 heavy (non-hydrogen) atoms. The monoisotopic (exact) mass is 338 g/mol. The van der Waals surface area contributed by atoms with E-state index in [0.29, 0.717) is 23.9 Å². The molecule has 0 fully saturated rings. The van der Waals surface area contributed by atoms with E-state index in [0.717, 1.165) is 16.1 Å². The lowest BCUT2D eigenvalue weighted by molar-refractivity contribution is 0.0519. The number of aromatic nitrogens is 1. The third-order valence-electron chi connectivity index (χ3n) is 3.40. The molecule has 3 aromatic rings. The zero-order chi connectivity index (χ0) is 16.8. The number of carbonyl (C=O) groups excluding carboxylic acids is 1. The number of rotatable bonds is 6. The normalized spacial score (nSPS) is 10.4. The van der Waals surface area contributed by atoms with E-state index in [-0.39, 0.29) is 5.97 Å². The molecule has 2 aromatic carbocycles. The van der Waals surface area contributed by atoms with Crippen molar-refractivity contribution in [3.8, 4) is 0 Å². The van der Waals surface area contributed by atoms with Crippen molar-refractivity contribution in [2.75, 3.05) is 11.9 Å². The van der Waals surface area contributed by atoms with E-state index >= 15 is 0 Å². The van der Waals surface area contributed by atoms with Gasteiger partial charge in [-0.3, -0.25) is 0 Å². The molecule has 0 spiro atoms. The lowest BCUT2D eigenvalue weighted by atomic mass is 10.1. The molecule has 122 valence electrons. The van der Waals surface area contributed by atoms with E-state index in [1.807, 2.05) is 60.7 Å². The maximum Gasteiger partial charge on any atom is 0.358 e. The number of esters is 1. The Balaban J connectivity index is 1.88. The Hall–Kier alpha value is -2.66. The van der Waals surface area contributed by atoms with E-state index < -0.39 is 0 Å². The highest BCUT2D eigenvalue weighted by atomic mass is 32.1. The van der Waals surface area contributed by atoms with Gasteiger partial charge in [0.25, 0.3) is 0 Å². The van der Waals surface area contributed by atoms with Gasteiger partial charge >= 0.3 is 5.97 Å². The van der Waals surface area contributed by atoms with Gasteiger partial charge in [0.15, 0.2) is 10.8 Å². The van der Waals surface area contributed by atoms with Crippen molar-refractivity contribution in [3.63, 3.8) is 0 Å². The minimum absolute atomic E-state index is 0.336. The molecular formula is C19H18N2O2S. The first-order chi connectivity index (χ1) is 11.8. The molecule has 0 saturated heterocycles. The molecule has 1 N–H and O–H groups in total. The van der Waals surface area contributed by atoms with Crippen LogP contribution in [0.3, 0.4) is 0 Å². The summed E-state index contributed by atoms with van der Waals surface area (Å²) in [5.74, 6) is -0.374. The minimum Gasteiger partial charge on any atom is -0.461 e. The van der Waals surface area contributed by atoms with E-state index in [1.54, 1.807) is 6.92 Å². The molecule has 0 amide bonds. The summed E-state index contributed by atoms with van der Waals surface area (Å²) in [7, 11) is 0. The summed E-state index contributed by atoms with van der Waals surface area (Å²) in [5.41, 5.74) is 2.47. The number of para-hydroxylation sites is 1. The largest absolute Gasteiger partial charge is 0.461 e. The second-order valence-corrected chi connectivity index (χ2v) is 6.25. The molecule has 3 rings (SSSR count). The van der Waals surface area contributed by atoms with Crippen molar-refractivity contribution in [1.29, 1.82) is 0 Å². The van der Waals surface area contributed by atoms with Crippen LogP contribution in [0.15, 0.2) is 60.7 Å². The molecule has 0 saturated carbocycles. The van der Waals surface area contributed by atoms with Crippen molar-refractivity contribution < 1.29 is 9.53 Å². The summed E-state index contributed by atoms with van der Waals surface area (Å²) < 4.78 is 5.15. The summed E-state index contributed by atoms with van der Waals surface area (Å²) in [6, 6.07) is 19.8. The van der Waals surface area contributed by atoms with Gasteiger partial charge in [-0.2, -0.15) is 0 Å². The molecule has 0 unspecified atom stereocenters. The molecule has 0 aliphatic rings. The lowest BCUT2D eigenvalue weighted by Crippen LogP contribution is -2.08. The number of hydrogen-bond acceptors (Lipinski definition) is 5. The summed E-state index contributed by atoms with van der Waals surface area (Å²) in [5, 5.41) is 3.94. The SMILES string of the molecule is CCOC(=O)c1nc(Nc2ccccc2)sc1Cc1ccccc1. The van der Waals surface area contributed by atoms with Crippen LogP contribution in [0.5, 0.6) is 0 Å². The zero-order valence-corrected chi connectivity index (χ0v) is 14.2. The zero-order valence-electron chi connectivity index (χ0n) is 13.4. The Kier molecular flexibility index (Phi) is 5.23. The third-order valence-corrected chi connectivity index (χ3v) is 4.37. The fraction of sp³-hybridized carbons (Fsp3) is 0.158. The van der Waals surface area contributed by atoms with E-state index in [9.17, 15) is 4.79 Å². The Bertz CT molecular complexity index is 801. The molecule has 1 aromatic heterocycles. The minimum atomic E-state index is -0.374. The topological polar surface area (TPSA) is 51.2 Å². The van der Waals surface area contributed by atoms with Crippen LogP contribution < -0.4 is 5.32 Å². The smallest absolute Gasteiger partial charge is 0.358 e. The van der Waals surface area contributed by atoms with Gasteiger partial charge in [0, 0.05) is 17.0 Å². The molecule has 0 atom stereocenters. The Morgan fingerprint density at radius 1 is 1.08 bits per heavy atom. The number of hydrogen-bond donors (Lipinski definition) is 1. The highest BCUT2D eigenvalue weighted by molar-refractivity contribution is 7.16. The maximum absolute atomic E-state index is 12.2. The first-order valence-corrected chi connectivity index (χ1v) is 8.60. The Morgan fingerprint density at radius 2 is 1.75 bits per heavy atom. The van der Waals surface area contributed by atoms with Crippen LogP contribution in [0.4, 0.5) is 10.8 Å². The van der Waals surface area contributed by atoms with Crippen molar-refractivity contribution in [2.45, 2.75) is 13.3 Å². The van der Waals surface area contributed by atoms with Crippen molar-refractivity contribution in [2.24, 2.45) is 0 Å². The van der Waals surface area contributed by atoms with E-state index in [1.165, 1.54) is 11.3 Å². The highest BCUT2D eigenvalue weighted by Gasteiger charge is 2.19. The van der Waals surface area contributed by atoms with Crippen LogP contribution in [0, 0.1) is 0 Å². The average molecular weight is 338 g/mol. The van der Waals surface area contributed by atoms with Crippen LogP contribution in [-0.4, -0.2) is 17.6 Å².